The molecule has 0 saturated heterocycles. The fourth-order valence-electron chi connectivity index (χ4n) is 1.02. The summed E-state index contributed by atoms with van der Waals surface area (Å²) in [5.74, 6) is -2.20. The summed E-state index contributed by atoms with van der Waals surface area (Å²) in [5.41, 5.74) is 0. The van der Waals surface area contributed by atoms with Crippen molar-refractivity contribution in [2.45, 2.75) is 12.5 Å². The molecule has 1 unspecified atom stereocenters. The predicted octanol–water partition coefficient (Wildman–Crippen LogP) is 1.76. The molecule has 0 fully saturated rings. The van der Waals surface area contributed by atoms with Crippen LogP contribution in [0.4, 0.5) is 0 Å². The number of ether oxygens (including phenoxy) is 1. The number of aliphatic carboxylic acids is 2. The highest BCUT2D eigenvalue weighted by Crippen LogP contribution is 2.18. The van der Waals surface area contributed by atoms with Gasteiger partial charge in [-0.05, 0) is 24.3 Å². The van der Waals surface area contributed by atoms with E-state index in [1.807, 2.05) is 0 Å². The van der Waals surface area contributed by atoms with Gasteiger partial charge in [0, 0.05) is 4.47 Å². The number of hydrogen-bond acceptors (Lipinski definition) is 3. The molecule has 0 aromatic heterocycles. The Hall–Kier alpha value is -1.56. The van der Waals surface area contributed by atoms with E-state index >= 15 is 0 Å². The molecule has 0 amide bonds. The zero-order valence-electron chi connectivity index (χ0n) is 8.09. The first-order valence-electron chi connectivity index (χ1n) is 4.36. The number of benzene rings is 1. The third-order valence-electron chi connectivity index (χ3n) is 1.73. The quantitative estimate of drug-likeness (QED) is 0.862. The Morgan fingerprint density at radius 2 is 1.81 bits per heavy atom. The summed E-state index contributed by atoms with van der Waals surface area (Å²) in [6.07, 6.45) is -1.95. The van der Waals surface area contributed by atoms with E-state index in [9.17, 15) is 9.59 Å². The fraction of sp³-hybridized carbons (Fsp3) is 0.200. The molecule has 0 bridgehead atoms. The second kappa shape index (κ2) is 5.50. The van der Waals surface area contributed by atoms with Gasteiger partial charge < -0.3 is 14.9 Å². The molecule has 0 saturated carbocycles. The van der Waals surface area contributed by atoms with Crippen LogP contribution in [0.1, 0.15) is 6.42 Å². The van der Waals surface area contributed by atoms with Crippen LogP contribution in [0, 0.1) is 0 Å². The minimum absolute atomic E-state index is 0.317. The first-order chi connectivity index (χ1) is 7.49. The summed E-state index contributed by atoms with van der Waals surface area (Å²) >= 11 is 3.21. The summed E-state index contributed by atoms with van der Waals surface area (Å²) in [6, 6.07) is 6.47. The highest BCUT2D eigenvalue weighted by atomic mass is 79.9. The summed E-state index contributed by atoms with van der Waals surface area (Å²) in [4.78, 5) is 21.1. The van der Waals surface area contributed by atoms with Crippen LogP contribution in [0.5, 0.6) is 5.75 Å². The number of carbonyl (C=O) groups is 2. The molecule has 1 aromatic carbocycles. The number of hydrogen-bond donors (Lipinski definition) is 2. The van der Waals surface area contributed by atoms with Crippen LogP contribution in [0.2, 0.25) is 0 Å². The van der Waals surface area contributed by atoms with E-state index in [-0.39, 0.29) is 0 Å². The summed E-state index contributed by atoms with van der Waals surface area (Å²) in [7, 11) is 0. The van der Waals surface area contributed by atoms with E-state index in [4.69, 9.17) is 14.9 Å². The van der Waals surface area contributed by atoms with Gasteiger partial charge in [0.15, 0.2) is 0 Å². The minimum Gasteiger partial charge on any atom is -0.481 e. The van der Waals surface area contributed by atoms with Crippen molar-refractivity contribution in [1.82, 2.24) is 0 Å². The van der Waals surface area contributed by atoms with E-state index < -0.39 is 24.5 Å². The molecular formula is C10H9BrO5. The first-order valence-corrected chi connectivity index (χ1v) is 5.15. The van der Waals surface area contributed by atoms with Crippen LogP contribution in [-0.4, -0.2) is 28.3 Å². The third kappa shape index (κ3) is 3.90. The lowest BCUT2D eigenvalue weighted by Gasteiger charge is -2.12. The maximum atomic E-state index is 10.7. The van der Waals surface area contributed by atoms with Crippen LogP contribution < -0.4 is 4.74 Å². The molecule has 86 valence electrons. The number of halogens is 1. The molecule has 1 aromatic rings. The van der Waals surface area contributed by atoms with Crippen LogP contribution in [0.15, 0.2) is 28.7 Å². The smallest absolute Gasteiger partial charge is 0.345 e. The van der Waals surface area contributed by atoms with Gasteiger partial charge in [-0.1, -0.05) is 15.9 Å². The predicted molar refractivity (Wildman–Crippen MR) is 58.4 cm³/mol. The van der Waals surface area contributed by atoms with Gasteiger partial charge in [0.25, 0.3) is 0 Å². The van der Waals surface area contributed by atoms with Gasteiger partial charge >= 0.3 is 11.9 Å². The van der Waals surface area contributed by atoms with Gasteiger partial charge in [-0.3, -0.25) is 4.79 Å². The first kappa shape index (κ1) is 12.5. The van der Waals surface area contributed by atoms with E-state index in [1.165, 1.54) is 0 Å². The van der Waals surface area contributed by atoms with Crippen molar-refractivity contribution in [1.29, 1.82) is 0 Å². The molecular weight excluding hydrogens is 280 g/mol. The Morgan fingerprint density at radius 3 is 2.25 bits per heavy atom. The number of rotatable bonds is 5. The van der Waals surface area contributed by atoms with E-state index in [0.717, 1.165) is 4.47 Å². The Morgan fingerprint density at radius 1 is 1.25 bits per heavy atom. The Balaban J connectivity index is 2.71. The monoisotopic (exact) mass is 288 g/mol. The average molecular weight is 289 g/mol. The molecule has 0 aliphatic rings. The zero-order valence-corrected chi connectivity index (χ0v) is 9.68. The number of carboxylic acids is 2. The van der Waals surface area contributed by atoms with Crippen molar-refractivity contribution in [3.63, 3.8) is 0 Å². The van der Waals surface area contributed by atoms with Crippen LogP contribution in [-0.2, 0) is 9.59 Å². The molecule has 0 heterocycles. The van der Waals surface area contributed by atoms with Crippen LogP contribution in [0.3, 0.4) is 0 Å². The topological polar surface area (TPSA) is 83.8 Å². The lowest BCUT2D eigenvalue weighted by Crippen LogP contribution is -2.29. The SMILES string of the molecule is O=C(O)CC(Oc1ccc(Br)cc1)C(=O)O. The van der Waals surface area contributed by atoms with Gasteiger partial charge in [-0.2, -0.15) is 0 Å². The fourth-order valence-corrected chi connectivity index (χ4v) is 1.28. The average Bonchev–Trinajstić information content (AvgIpc) is 2.19. The van der Waals surface area contributed by atoms with Crippen molar-refractivity contribution in [2.75, 3.05) is 0 Å². The number of carboxylic acid groups (broad SMARTS) is 2. The van der Waals surface area contributed by atoms with Gasteiger partial charge in [0.2, 0.25) is 6.10 Å². The maximum absolute atomic E-state index is 10.7. The lowest BCUT2D eigenvalue weighted by atomic mass is 10.2. The highest BCUT2D eigenvalue weighted by molar-refractivity contribution is 9.10. The molecule has 2 N–H and O–H groups in total. The van der Waals surface area contributed by atoms with Crippen LogP contribution in [0.25, 0.3) is 0 Å². The standard InChI is InChI=1S/C10H9BrO5/c11-6-1-3-7(4-2-6)16-8(10(14)15)5-9(12)13/h1-4,8H,5H2,(H,12,13)(H,14,15). The lowest BCUT2D eigenvalue weighted by molar-refractivity contribution is -0.151. The second-order valence-corrected chi connectivity index (χ2v) is 3.91. The molecule has 1 atom stereocenters. The molecule has 0 spiro atoms. The van der Waals surface area contributed by atoms with E-state index in [2.05, 4.69) is 15.9 Å². The largest absolute Gasteiger partial charge is 0.481 e. The molecule has 0 aliphatic heterocycles. The molecule has 0 aliphatic carbocycles. The van der Waals surface area contributed by atoms with Crippen molar-refractivity contribution in [3.05, 3.63) is 28.7 Å². The van der Waals surface area contributed by atoms with Gasteiger partial charge in [-0.15, -0.1) is 0 Å². The van der Waals surface area contributed by atoms with Gasteiger partial charge in [0.05, 0.1) is 6.42 Å². The van der Waals surface area contributed by atoms with E-state index in [1.54, 1.807) is 24.3 Å². The minimum atomic E-state index is -1.38. The van der Waals surface area contributed by atoms with Crippen molar-refractivity contribution < 1.29 is 24.5 Å². The second-order valence-electron chi connectivity index (χ2n) is 3.00. The Kier molecular flexibility index (Phi) is 4.30. The normalized spacial score (nSPS) is 11.8. The zero-order chi connectivity index (χ0) is 12.1. The summed E-state index contributed by atoms with van der Waals surface area (Å²) in [5, 5.41) is 17.2. The molecule has 1 rings (SSSR count). The van der Waals surface area contributed by atoms with Crippen molar-refractivity contribution in [2.24, 2.45) is 0 Å². The summed E-state index contributed by atoms with van der Waals surface area (Å²) in [6.45, 7) is 0. The Bertz CT molecular complexity index is 387. The van der Waals surface area contributed by atoms with Crippen LogP contribution >= 0.6 is 15.9 Å². The van der Waals surface area contributed by atoms with Gasteiger partial charge in [0.1, 0.15) is 5.75 Å². The molecule has 6 heteroatoms. The molecule has 5 nitrogen and oxygen atoms in total. The Labute approximate surface area is 99.8 Å². The molecule has 0 radical (unpaired) electrons. The maximum Gasteiger partial charge on any atom is 0.345 e. The third-order valence-corrected chi connectivity index (χ3v) is 2.26. The van der Waals surface area contributed by atoms with Crippen molar-refractivity contribution in [3.8, 4) is 5.75 Å². The van der Waals surface area contributed by atoms with Gasteiger partial charge in [-0.25, -0.2) is 4.79 Å². The molecule has 16 heavy (non-hydrogen) atoms. The van der Waals surface area contributed by atoms with Crippen molar-refractivity contribution >= 4 is 27.9 Å². The van der Waals surface area contributed by atoms with E-state index in [0.29, 0.717) is 5.75 Å². The highest BCUT2D eigenvalue weighted by Gasteiger charge is 2.22. The summed E-state index contributed by atoms with van der Waals surface area (Å²) < 4.78 is 5.86.